The van der Waals surface area contributed by atoms with Gasteiger partial charge < -0.3 is 15.4 Å². The van der Waals surface area contributed by atoms with Crippen molar-refractivity contribution < 1.29 is 4.74 Å². The minimum atomic E-state index is 0.203. The molecule has 3 nitrogen and oxygen atoms in total. The molecule has 0 saturated carbocycles. The highest BCUT2D eigenvalue weighted by Gasteiger charge is 2.37. The Kier molecular flexibility index (Phi) is 5.74. The molecule has 0 aliphatic carbocycles. The van der Waals surface area contributed by atoms with E-state index in [2.05, 4.69) is 57.4 Å². The highest BCUT2D eigenvalue weighted by Crippen LogP contribution is 2.29. The van der Waals surface area contributed by atoms with Gasteiger partial charge in [-0.3, -0.25) is 0 Å². The summed E-state index contributed by atoms with van der Waals surface area (Å²) in [7, 11) is 1.71. The second-order valence-corrected chi connectivity index (χ2v) is 8.45. The third-order valence-corrected chi connectivity index (χ3v) is 4.74. The molecule has 1 aromatic carbocycles. The number of hydrogen-bond donors (Lipinski definition) is 2. The van der Waals surface area contributed by atoms with Crippen molar-refractivity contribution in [3.8, 4) is 5.75 Å². The molecule has 0 bridgehead atoms. The fourth-order valence-corrected chi connectivity index (χ4v) is 4.10. The van der Waals surface area contributed by atoms with Crippen molar-refractivity contribution >= 4 is 0 Å². The van der Waals surface area contributed by atoms with E-state index < -0.39 is 0 Å². The summed E-state index contributed by atoms with van der Waals surface area (Å²) in [5.74, 6) is 0.930. The molecule has 0 aromatic heterocycles. The first-order valence-corrected chi connectivity index (χ1v) is 8.87. The molecule has 2 rings (SSSR count). The average Bonchev–Trinajstić information content (AvgIpc) is 2.42. The van der Waals surface area contributed by atoms with Crippen molar-refractivity contribution in [3.63, 3.8) is 0 Å². The molecule has 0 spiro atoms. The molecule has 1 saturated heterocycles. The number of nitrogens with one attached hydrogen (secondary N) is 2. The van der Waals surface area contributed by atoms with Gasteiger partial charge in [0.1, 0.15) is 5.75 Å². The van der Waals surface area contributed by atoms with Gasteiger partial charge in [0.15, 0.2) is 0 Å². The minimum Gasteiger partial charge on any atom is -0.497 e. The highest BCUT2D eigenvalue weighted by molar-refractivity contribution is 5.27. The Labute approximate surface area is 142 Å². The Hall–Kier alpha value is -1.06. The molecule has 2 N–H and O–H groups in total. The van der Waals surface area contributed by atoms with E-state index in [1.54, 1.807) is 7.11 Å². The predicted molar refractivity (Wildman–Crippen MR) is 98.2 cm³/mol. The van der Waals surface area contributed by atoms with Crippen molar-refractivity contribution in [2.45, 2.75) is 83.5 Å². The molecule has 1 atom stereocenters. The Morgan fingerprint density at radius 1 is 1.13 bits per heavy atom. The first-order valence-electron chi connectivity index (χ1n) is 8.87. The van der Waals surface area contributed by atoms with Gasteiger partial charge in [0.05, 0.1) is 7.11 Å². The Balaban J connectivity index is 1.82. The molecular weight excluding hydrogens is 284 g/mol. The first kappa shape index (κ1) is 18.3. The largest absolute Gasteiger partial charge is 0.497 e. The van der Waals surface area contributed by atoms with Crippen molar-refractivity contribution in [1.29, 1.82) is 0 Å². The van der Waals surface area contributed by atoms with E-state index >= 15 is 0 Å². The van der Waals surface area contributed by atoms with Crippen LogP contribution in [0, 0.1) is 0 Å². The van der Waals surface area contributed by atoms with Crippen LogP contribution in [0.4, 0.5) is 0 Å². The molecule has 23 heavy (non-hydrogen) atoms. The third kappa shape index (κ3) is 5.82. The van der Waals surface area contributed by atoms with Crippen LogP contribution in [0.3, 0.4) is 0 Å². The summed E-state index contributed by atoms with van der Waals surface area (Å²) < 4.78 is 5.22. The van der Waals surface area contributed by atoms with Crippen molar-refractivity contribution in [2.75, 3.05) is 7.11 Å². The zero-order chi connectivity index (χ0) is 17.1. The Morgan fingerprint density at radius 2 is 1.70 bits per heavy atom. The summed E-state index contributed by atoms with van der Waals surface area (Å²) in [5.41, 5.74) is 1.79. The van der Waals surface area contributed by atoms with Crippen LogP contribution < -0.4 is 15.4 Å². The van der Waals surface area contributed by atoms with Crippen LogP contribution in [0.15, 0.2) is 24.3 Å². The van der Waals surface area contributed by atoms with E-state index in [0.29, 0.717) is 12.1 Å². The fraction of sp³-hybridized carbons (Fsp3) is 0.700. The number of piperidine rings is 1. The highest BCUT2D eigenvalue weighted by atomic mass is 16.5. The van der Waals surface area contributed by atoms with E-state index in [-0.39, 0.29) is 11.1 Å². The van der Waals surface area contributed by atoms with Crippen LogP contribution in [0.25, 0.3) is 0 Å². The summed E-state index contributed by atoms with van der Waals surface area (Å²) in [5, 5.41) is 7.61. The Morgan fingerprint density at radius 3 is 2.22 bits per heavy atom. The maximum absolute atomic E-state index is 5.22. The first-order chi connectivity index (χ1) is 10.7. The average molecular weight is 319 g/mol. The van der Waals surface area contributed by atoms with Gasteiger partial charge in [-0.25, -0.2) is 0 Å². The number of rotatable bonds is 6. The van der Waals surface area contributed by atoms with Gasteiger partial charge in [-0.05, 0) is 78.0 Å². The quantitative estimate of drug-likeness (QED) is 0.834. The van der Waals surface area contributed by atoms with Gasteiger partial charge in [-0.15, -0.1) is 0 Å². The summed E-state index contributed by atoms with van der Waals surface area (Å²) in [6.07, 6.45) is 4.64. The van der Waals surface area contributed by atoms with Crippen LogP contribution in [-0.4, -0.2) is 30.3 Å². The molecule has 1 aromatic rings. The monoisotopic (exact) mass is 318 g/mol. The number of benzene rings is 1. The van der Waals surface area contributed by atoms with Crippen LogP contribution in [-0.2, 0) is 6.42 Å². The zero-order valence-corrected chi connectivity index (χ0v) is 15.7. The van der Waals surface area contributed by atoms with Gasteiger partial charge in [0.25, 0.3) is 0 Å². The third-order valence-electron chi connectivity index (χ3n) is 4.74. The summed E-state index contributed by atoms with van der Waals surface area (Å²) in [6.45, 7) is 11.6. The molecule has 1 fully saturated rings. The minimum absolute atomic E-state index is 0.203. The summed E-state index contributed by atoms with van der Waals surface area (Å²) >= 11 is 0. The smallest absolute Gasteiger partial charge is 0.118 e. The van der Waals surface area contributed by atoms with Crippen LogP contribution in [0.1, 0.15) is 59.4 Å². The zero-order valence-electron chi connectivity index (χ0n) is 15.7. The number of aryl methyl sites for hydroxylation is 1. The molecule has 3 heteroatoms. The second-order valence-electron chi connectivity index (χ2n) is 8.45. The molecule has 0 radical (unpaired) electrons. The maximum atomic E-state index is 5.22. The lowest BCUT2D eigenvalue weighted by Crippen LogP contribution is -2.62. The van der Waals surface area contributed by atoms with Crippen LogP contribution in [0.2, 0.25) is 0 Å². The topological polar surface area (TPSA) is 33.3 Å². The Bertz CT molecular complexity index is 477. The fourth-order valence-electron chi connectivity index (χ4n) is 4.10. The lowest BCUT2D eigenvalue weighted by Gasteiger charge is -2.47. The number of ether oxygens (including phenoxy) is 1. The van der Waals surface area contributed by atoms with Gasteiger partial charge in [-0.2, -0.15) is 0 Å². The van der Waals surface area contributed by atoms with Gasteiger partial charge in [-0.1, -0.05) is 12.1 Å². The van der Waals surface area contributed by atoms with E-state index in [1.165, 1.54) is 18.4 Å². The molecule has 130 valence electrons. The van der Waals surface area contributed by atoms with Gasteiger partial charge >= 0.3 is 0 Å². The maximum Gasteiger partial charge on any atom is 0.118 e. The van der Waals surface area contributed by atoms with Crippen LogP contribution in [0.5, 0.6) is 5.75 Å². The van der Waals surface area contributed by atoms with E-state index in [4.69, 9.17) is 4.74 Å². The molecule has 1 heterocycles. The van der Waals surface area contributed by atoms with Crippen molar-refractivity contribution in [3.05, 3.63) is 29.8 Å². The van der Waals surface area contributed by atoms with Gasteiger partial charge in [0, 0.05) is 23.2 Å². The molecule has 1 aliphatic heterocycles. The SMILES string of the molecule is COc1ccc(CC[C@H](C)NC2CC(C)(C)NC(C)(C)C2)cc1. The van der Waals surface area contributed by atoms with Crippen LogP contribution >= 0.6 is 0 Å². The lowest BCUT2D eigenvalue weighted by molar-refractivity contribution is 0.140. The van der Waals surface area contributed by atoms with E-state index in [1.807, 2.05) is 12.1 Å². The van der Waals surface area contributed by atoms with E-state index in [9.17, 15) is 0 Å². The van der Waals surface area contributed by atoms with Crippen molar-refractivity contribution in [2.24, 2.45) is 0 Å². The lowest BCUT2D eigenvalue weighted by atomic mass is 9.79. The van der Waals surface area contributed by atoms with E-state index in [0.717, 1.165) is 18.6 Å². The molecule has 0 amide bonds. The summed E-state index contributed by atoms with van der Waals surface area (Å²) in [6, 6.07) is 9.56. The normalized spacial score (nSPS) is 21.8. The molecule has 0 unspecified atom stereocenters. The molecule has 1 aliphatic rings. The second kappa shape index (κ2) is 7.23. The van der Waals surface area contributed by atoms with Crippen molar-refractivity contribution in [1.82, 2.24) is 10.6 Å². The predicted octanol–water partition coefficient (Wildman–Crippen LogP) is 3.92. The molecular formula is C20H34N2O. The standard InChI is InChI=1S/C20H34N2O/c1-15(7-8-16-9-11-18(23-6)12-10-16)21-17-13-19(2,3)22-20(4,5)14-17/h9-12,15,17,21-22H,7-8,13-14H2,1-6H3/t15-/m0/s1. The number of hydrogen-bond acceptors (Lipinski definition) is 3. The summed E-state index contributed by atoms with van der Waals surface area (Å²) in [4.78, 5) is 0. The number of methoxy groups -OCH3 is 1. The van der Waals surface area contributed by atoms with Gasteiger partial charge in [0.2, 0.25) is 0 Å².